The average molecular weight is 557 g/mol. The van der Waals surface area contributed by atoms with Gasteiger partial charge in [-0.05, 0) is 70.6 Å². The van der Waals surface area contributed by atoms with Crippen molar-refractivity contribution in [1.82, 2.24) is 5.32 Å². The Labute approximate surface area is 194 Å². The third kappa shape index (κ3) is 4.97. The molecule has 9 nitrogen and oxygen atoms in total. The quantitative estimate of drug-likeness (QED) is 0.319. The van der Waals surface area contributed by atoms with Crippen molar-refractivity contribution in [2.24, 2.45) is 0 Å². The summed E-state index contributed by atoms with van der Waals surface area (Å²) in [5.41, 5.74) is 0.384. The number of carbonyl (C=O) groups is 4. The van der Waals surface area contributed by atoms with Crippen molar-refractivity contribution in [1.29, 1.82) is 0 Å². The second-order valence-corrected chi connectivity index (χ2v) is 7.75. The number of carboxylic acid groups (broad SMARTS) is 1. The maximum atomic E-state index is 12.9. The van der Waals surface area contributed by atoms with E-state index >= 15 is 0 Å². The predicted molar refractivity (Wildman–Crippen MR) is 119 cm³/mol. The van der Waals surface area contributed by atoms with Crippen LogP contribution in [0.2, 0.25) is 5.02 Å². The van der Waals surface area contributed by atoms with Gasteiger partial charge in [-0.1, -0.05) is 11.6 Å². The van der Waals surface area contributed by atoms with Gasteiger partial charge in [0.15, 0.2) is 18.1 Å². The summed E-state index contributed by atoms with van der Waals surface area (Å²) in [5, 5.41) is 11.4. The fourth-order valence-corrected chi connectivity index (χ4v) is 3.65. The van der Waals surface area contributed by atoms with Crippen molar-refractivity contribution in [3.63, 3.8) is 0 Å². The van der Waals surface area contributed by atoms with Crippen LogP contribution in [0.3, 0.4) is 0 Å². The molecule has 0 unspecified atom stereocenters. The van der Waals surface area contributed by atoms with Gasteiger partial charge in [-0.25, -0.2) is 14.5 Å². The number of imide groups is 2. The lowest BCUT2D eigenvalue weighted by molar-refractivity contribution is -0.139. The van der Waals surface area contributed by atoms with E-state index in [9.17, 15) is 19.2 Å². The van der Waals surface area contributed by atoms with Crippen molar-refractivity contribution in [2.45, 2.75) is 0 Å². The molecule has 1 aliphatic heterocycles. The Balaban J connectivity index is 1.99. The summed E-state index contributed by atoms with van der Waals surface area (Å²) >= 11 is 7.77. The first-order valence-corrected chi connectivity index (χ1v) is 10.1. The molecular weight excluding hydrogens is 543 g/mol. The van der Waals surface area contributed by atoms with E-state index in [1.165, 1.54) is 43.5 Å². The number of barbiturate groups is 1. The number of halogens is 2. The molecule has 1 fully saturated rings. The first-order valence-electron chi connectivity index (χ1n) is 8.60. The minimum Gasteiger partial charge on any atom is -0.493 e. The van der Waals surface area contributed by atoms with Gasteiger partial charge < -0.3 is 14.6 Å². The summed E-state index contributed by atoms with van der Waals surface area (Å²) in [6.45, 7) is -0.564. The molecule has 0 atom stereocenters. The topological polar surface area (TPSA) is 122 Å². The van der Waals surface area contributed by atoms with E-state index in [0.29, 0.717) is 14.2 Å². The van der Waals surface area contributed by atoms with Gasteiger partial charge >= 0.3 is 12.0 Å². The van der Waals surface area contributed by atoms with E-state index in [1.54, 1.807) is 6.07 Å². The zero-order valence-electron chi connectivity index (χ0n) is 15.8. The number of carbonyl (C=O) groups excluding carboxylic acids is 3. The Kier molecular flexibility index (Phi) is 6.81. The molecule has 1 aliphatic rings. The van der Waals surface area contributed by atoms with Gasteiger partial charge in [0.25, 0.3) is 11.8 Å². The Morgan fingerprint density at radius 2 is 1.90 bits per heavy atom. The van der Waals surface area contributed by atoms with Gasteiger partial charge in [0.1, 0.15) is 5.57 Å². The van der Waals surface area contributed by atoms with Crippen LogP contribution in [0.25, 0.3) is 6.08 Å². The van der Waals surface area contributed by atoms with Gasteiger partial charge in [-0.3, -0.25) is 14.9 Å². The van der Waals surface area contributed by atoms with Crippen LogP contribution in [0.5, 0.6) is 11.5 Å². The maximum absolute atomic E-state index is 12.9. The molecule has 160 valence electrons. The molecule has 0 bridgehead atoms. The van der Waals surface area contributed by atoms with Crippen molar-refractivity contribution in [2.75, 3.05) is 18.6 Å². The summed E-state index contributed by atoms with van der Waals surface area (Å²) in [6, 6.07) is 8.17. The fourth-order valence-electron chi connectivity index (χ4n) is 2.75. The lowest BCUT2D eigenvalue weighted by Gasteiger charge is -2.26. The molecular formula is C20H14ClIN2O7. The van der Waals surface area contributed by atoms with Crippen LogP contribution in [0.1, 0.15) is 5.56 Å². The molecule has 2 aromatic carbocycles. The van der Waals surface area contributed by atoms with Crippen LogP contribution in [-0.2, 0) is 14.4 Å². The Morgan fingerprint density at radius 3 is 2.52 bits per heavy atom. The SMILES string of the molecule is COc1cc(/C=C2\C(=O)NC(=O)N(c3ccc(Cl)cc3)C2=O)cc(I)c1OCC(=O)O. The van der Waals surface area contributed by atoms with Crippen LogP contribution in [0, 0.1) is 3.57 Å². The van der Waals surface area contributed by atoms with Gasteiger partial charge in [-0.2, -0.15) is 0 Å². The summed E-state index contributed by atoms with van der Waals surface area (Å²) in [7, 11) is 1.37. The molecule has 0 radical (unpaired) electrons. The normalized spacial score (nSPS) is 15.1. The highest BCUT2D eigenvalue weighted by molar-refractivity contribution is 14.1. The zero-order valence-corrected chi connectivity index (χ0v) is 18.8. The van der Waals surface area contributed by atoms with E-state index in [2.05, 4.69) is 5.32 Å². The molecule has 1 heterocycles. The molecule has 3 rings (SSSR count). The number of nitrogens with zero attached hydrogens (tertiary/aromatic N) is 1. The molecule has 0 aromatic heterocycles. The second kappa shape index (κ2) is 9.35. The molecule has 11 heteroatoms. The van der Waals surface area contributed by atoms with Gasteiger partial charge in [0.05, 0.1) is 16.4 Å². The van der Waals surface area contributed by atoms with E-state index < -0.39 is 30.4 Å². The third-order valence-electron chi connectivity index (χ3n) is 4.09. The number of carboxylic acids is 1. The largest absolute Gasteiger partial charge is 0.493 e. The van der Waals surface area contributed by atoms with Crippen LogP contribution >= 0.6 is 34.2 Å². The van der Waals surface area contributed by atoms with Crippen molar-refractivity contribution >= 4 is 69.8 Å². The minimum absolute atomic E-state index is 0.213. The second-order valence-electron chi connectivity index (χ2n) is 6.15. The first-order chi connectivity index (χ1) is 14.7. The van der Waals surface area contributed by atoms with E-state index in [1.807, 2.05) is 22.6 Å². The molecule has 0 spiro atoms. The molecule has 0 saturated carbocycles. The number of hydrogen-bond donors (Lipinski definition) is 2. The predicted octanol–water partition coefficient (Wildman–Crippen LogP) is 3.08. The minimum atomic E-state index is -1.15. The summed E-state index contributed by atoms with van der Waals surface area (Å²) in [5.74, 6) is -2.38. The number of aliphatic carboxylic acids is 1. The highest BCUT2D eigenvalue weighted by Crippen LogP contribution is 2.35. The van der Waals surface area contributed by atoms with E-state index in [4.69, 9.17) is 26.2 Å². The number of amides is 4. The summed E-state index contributed by atoms with van der Waals surface area (Å²) < 4.78 is 11.0. The summed E-state index contributed by atoms with van der Waals surface area (Å²) in [6.07, 6.45) is 1.30. The smallest absolute Gasteiger partial charge is 0.341 e. The zero-order chi connectivity index (χ0) is 22.7. The number of methoxy groups -OCH3 is 1. The Hall–Kier alpha value is -3.12. The number of urea groups is 1. The molecule has 31 heavy (non-hydrogen) atoms. The standard InChI is InChI=1S/C20H14ClIN2O7/c1-30-15-8-10(7-14(22)17(15)31-9-16(25)26)6-13-18(27)23-20(29)24(19(13)28)12-4-2-11(21)3-5-12/h2-8H,9H2,1H3,(H,25,26)(H,23,27,29)/b13-6+. The number of anilines is 1. The number of rotatable bonds is 6. The van der Waals surface area contributed by atoms with Crippen LogP contribution in [0.15, 0.2) is 42.0 Å². The monoisotopic (exact) mass is 556 g/mol. The van der Waals surface area contributed by atoms with Crippen molar-refractivity contribution < 1.29 is 33.8 Å². The molecule has 0 aliphatic carbocycles. The van der Waals surface area contributed by atoms with Gasteiger partial charge in [-0.15, -0.1) is 0 Å². The third-order valence-corrected chi connectivity index (χ3v) is 5.14. The first kappa shape index (κ1) is 22.6. The molecule has 4 amide bonds. The lowest BCUT2D eigenvalue weighted by atomic mass is 10.1. The Bertz CT molecular complexity index is 1120. The summed E-state index contributed by atoms with van der Waals surface area (Å²) in [4.78, 5) is 49.1. The molecule has 2 aromatic rings. The van der Waals surface area contributed by atoms with Crippen LogP contribution in [-0.4, -0.2) is 42.6 Å². The van der Waals surface area contributed by atoms with Crippen molar-refractivity contribution in [3.05, 3.63) is 56.1 Å². The lowest BCUT2D eigenvalue weighted by Crippen LogP contribution is -2.54. The highest BCUT2D eigenvalue weighted by atomic mass is 127. The van der Waals surface area contributed by atoms with E-state index in [0.717, 1.165) is 4.90 Å². The van der Waals surface area contributed by atoms with Crippen LogP contribution in [0.4, 0.5) is 10.5 Å². The maximum Gasteiger partial charge on any atom is 0.341 e. The van der Waals surface area contributed by atoms with Gasteiger partial charge in [0.2, 0.25) is 0 Å². The average Bonchev–Trinajstić information content (AvgIpc) is 2.71. The number of hydrogen-bond acceptors (Lipinski definition) is 6. The van der Waals surface area contributed by atoms with Crippen molar-refractivity contribution in [3.8, 4) is 11.5 Å². The Morgan fingerprint density at radius 1 is 1.23 bits per heavy atom. The fraction of sp³-hybridized carbons (Fsp3) is 0.100. The highest BCUT2D eigenvalue weighted by Gasteiger charge is 2.36. The number of ether oxygens (including phenoxy) is 2. The molecule has 2 N–H and O–H groups in total. The van der Waals surface area contributed by atoms with Crippen LogP contribution < -0.4 is 19.7 Å². The number of nitrogens with one attached hydrogen (secondary N) is 1. The van der Waals surface area contributed by atoms with E-state index in [-0.39, 0.29) is 22.8 Å². The van der Waals surface area contributed by atoms with Gasteiger partial charge in [0, 0.05) is 5.02 Å². The number of benzene rings is 2. The molecule has 1 saturated heterocycles.